The summed E-state index contributed by atoms with van der Waals surface area (Å²) >= 11 is 18.0. The molecule has 0 aromatic heterocycles. The van der Waals surface area contributed by atoms with E-state index in [1.54, 1.807) is 37.3 Å². The second-order valence-electron chi connectivity index (χ2n) is 6.46. The lowest BCUT2D eigenvalue weighted by Gasteiger charge is -2.13. The van der Waals surface area contributed by atoms with Gasteiger partial charge in [0.2, 0.25) is 0 Å². The van der Waals surface area contributed by atoms with E-state index in [1.807, 2.05) is 0 Å². The van der Waals surface area contributed by atoms with Gasteiger partial charge in [0, 0.05) is 12.1 Å². The number of hydrazone groups is 1. The van der Waals surface area contributed by atoms with E-state index in [0.29, 0.717) is 21.3 Å². The molecule has 3 aromatic carbocycles. The molecule has 0 saturated heterocycles. The molecule has 0 amide bonds. The molecule has 8 nitrogen and oxygen atoms in total. The number of hydrogen-bond acceptors (Lipinski definition) is 6. The normalized spacial score (nSPS) is 11.8. The molecule has 0 radical (unpaired) electrons. The van der Waals surface area contributed by atoms with Crippen LogP contribution in [-0.2, 0) is 10.0 Å². The van der Waals surface area contributed by atoms with Crippen LogP contribution in [0.15, 0.2) is 70.7 Å². The lowest BCUT2D eigenvalue weighted by Crippen LogP contribution is -2.15. The van der Waals surface area contributed by atoms with Gasteiger partial charge in [-0.05, 0) is 42.8 Å². The maximum absolute atomic E-state index is 13.0. The molecule has 3 aromatic rings. The van der Waals surface area contributed by atoms with Gasteiger partial charge in [0.1, 0.15) is 4.90 Å². The molecule has 0 atom stereocenters. The molecule has 0 heterocycles. The number of nitro groups is 1. The summed E-state index contributed by atoms with van der Waals surface area (Å²) in [5.41, 5.74) is 3.52. The smallest absolute Gasteiger partial charge is 0.270 e. The van der Waals surface area contributed by atoms with Crippen molar-refractivity contribution >= 4 is 67.6 Å². The Labute approximate surface area is 199 Å². The molecule has 0 aliphatic heterocycles. The van der Waals surface area contributed by atoms with Crippen LogP contribution in [0.5, 0.6) is 0 Å². The summed E-state index contributed by atoms with van der Waals surface area (Å²) in [6.07, 6.45) is 0. The standard InChI is InChI=1S/C20H15Cl3N4O4S/c1-12(13-6-8-15(21)17(23)10-13)24-25-19-9-7-14(27(28)29)11-20(19)32(30,31)26-18-5-3-2-4-16(18)22/h2-11,25-26H,1H3/b24-12+. The summed E-state index contributed by atoms with van der Waals surface area (Å²) in [4.78, 5) is 10.1. The first kappa shape index (κ1) is 23.8. The highest BCUT2D eigenvalue weighted by atomic mass is 35.5. The molecular weight excluding hydrogens is 499 g/mol. The molecule has 0 aliphatic carbocycles. The van der Waals surface area contributed by atoms with Crippen molar-refractivity contribution in [2.75, 3.05) is 10.1 Å². The van der Waals surface area contributed by atoms with Crippen molar-refractivity contribution in [3.05, 3.63) is 91.4 Å². The molecule has 0 spiro atoms. The number of nitrogens with zero attached hydrogens (tertiary/aromatic N) is 2. The predicted molar refractivity (Wildman–Crippen MR) is 128 cm³/mol. The van der Waals surface area contributed by atoms with E-state index in [2.05, 4.69) is 15.2 Å². The second kappa shape index (κ2) is 9.74. The van der Waals surface area contributed by atoms with E-state index in [0.717, 1.165) is 6.07 Å². The molecule has 32 heavy (non-hydrogen) atoms. The zero-order valence-electron chi connectivity index (χ0n) is 16.3. The molecule has 2 N–H and O–H groups in total. The van der Waals surface area contributed by atoms with E-state index in [1.165, 1.54) is 24.3 Å². The highest BCUT2D eigenvalue weighted by molar-refractivity contribution is 7.93. The SMILES string of the molecule is C/C(=N\Nc1ccc([N+](=O)[O-])cc1S(=O)(=O)Nc1ccccc1Cl)c1ccc(Cl)c(Cl)c1. The van der Waals surface area contributed by atoms with E-state index >= 15 is 0 Å². The van der Waals surface area contributed by atoms with Crippen LogP contribution in [0.4, 0.5) is 17.1 Å². The summed E-state index contributed by atoms with van der Waals surface area (Å²) in [5, 5.41) is 16.3. The van der Waals surface area contributed by atoms with Crippen LogP contribution >= 0.6 is 34.8 Å². The Morgan fingerprint density at radius 2 is 1.66 bits per heavy atom. The zero-order chi connectivity index (χ0) is 23.5. The highest BCUT2D eigenvalue weighted by Crippen LogP contribution is 2.30. The molecule has 0 bridgehead atoms. The van der Waals surface area contributed by atoms with E-state index in [-0.39, 0.29) is 21.3 Å². The number of nitrogens with one attached hydrogen (secondary N) is 2. The Morgan fingerprint density at radius 3 is 2.31 bits per heavy atom. The molecule has 12 heteroatoms. The molecule has 0 fully saturated rings. The van der Waals surface area contributed by atoms with E-state index in [9.17, 15) is 18.5 Å². The Hall–Kier alpha value is -2.85. The van der Waals surface area contributed by atoms with Crippen LogP contribution in [0.1, 0.15) is 12.5 Å². The lowest BCUT2D eigenvalue weighted by atomic mass is 10.1. The third-order valence-electron chi connectivity index (χ3n) is 4.27. The topological polar surface area (TPSA) is 114 Å². The molecule has 0 unspecified atom stereocenters. The van der Waals surface area contributed by atoms with Crippen molar-refractivity contribution in [2.24, 2.45) is 5.10 Å². The minimum absolute atomic E-state index is 0.0227. The minimum atomic E-state index is -4.26. The maximum atomic E-state index is 13.0. The maximum Gasteiger partial charge on any atom is 0.270 e. The van der Waals surface area contributed by atoms with Gasteiger partial charge >= 0.3 is 0 Å². The fourth-order valence-electron chi connectivity index (χ4n) is 2.61. The van der Waals surface area contributed by atoms with E-state index < -0.39 is 20.6 Å². The number of hydrogen-bond donors (Lipinski definition) is 2. The fraction of sp³-hybridized carbons (Fsp3) is 0.0500. The number of anilines is 2. The molecule has 3 rings (SSSR count). The third kappa shape index (κ3) is 5.49. The van der Waals surface area contributed by atoms with Crippen molar-refractivity contribution in [3.63, 3.8) is 0 Å². The summed E-state index contributed by atoms with van der Waals surface area (Å²) in [7, 11) is -4.26. The monoisotopic (exact) mass is 512 g/mol. The highest BCUT2D eigenvalue weighted by Gasteiger charge is 2.23. The zero-order valence-corrected chi connectivity index (χ0v) is 19.4. The molecule has 166 valence electrons. The van der Waals surface area contributed by atoms with Gasteiger partial charge in [-0.15, -0.1) is 0 Å². The van der Waals surface area contributed by atoms with Gasteiger partial charge in [-0.1, -0.05) is 53.0 Å². The van der Waals surface area contributed by atoms with Gasteiger partial charge in [0.05, 0.1) is 37.1 Å². The summed E-state index contributed by atoms with van der Waals surface area (Å²) in [5.74, 6) is 0. The first-order valence-corrected chi connectivity index (χ1v) is 11.5. The number of nitro benzene ring substituents is 1. The number of halogens is 3. The first-order chi connectivity index (χ1) is 15.1. The lowest BCUT2D eigenvalue weighted by molar-refractivity contribution is -0.385. The Balaban J connectivity index is 2.00. The van der Waals surface area contributed by atoms with Crippen molar-refractivity contribution in [1.29, 1.82) is 0 Å². The van der Waals surface area contributed by atoms with Crippen LogP contribution in [0.3, 0.4) is 0 Å². The summed E-state index contributed by atoms with van der Waals surface area (Å²) in [6, 6.07) is 14.5. The van der Waals surface area contributed by atoms with Gasteiger partial charge in [-0.3, -0.25) is 20.3 Å². The van der Waals surface area contributed by atoms with Gasteiger partial charge in [0.25, 0.3) is 15.7 Å². The largest absolute Gasteiger partial charge is 0.278 e. The molecule has 0 saturated carbocycles. The number of rotatable bonds is 7. The summed E-state index contributed by atoms with van der Waals surface area (Å²) in [6.45, 7) is 1.67. The predicted octanol–water partition coefficient (Wildman–Crippen LogP) is 6.19. The number of para-hydroxylation sites is 1. The average Bonchev–Trinajstić information content (AvgIpc) is 2.75. The fourth-order valence-corrected chi connectivity index (χ4v) is 4.41. The third-order valence-corrected chi connectivity index (χ3v) is 6.74. The minimum Gasteiger partial charge on any atom is -0.278 e. The van der Waals surface area contributed by atoms with Gasteiger partial charge in [-0.25, -0.2) is 8.42 Å². The van der Waals surface area contributed by atoms with Crippen molar-refractivity contribution in [3.8, 4) is 0 Å². The summed E-state index contributed by atoms with van der Waals surface area (Å²) < 4.78 is 28.4. The number of benzene rings is 3. The van der Waals surface area contributed by atoms with Gasteiger partial charge < -0.3 is 0 Å². The van der Waals surface area contributed by atoms with Crippen LogP contribution < -0.4 is 10.1 Å². The molecular formula is C20H15Cl3N4O4S. The van der Waals surface area contributed by atoms with E-state index in [4.69, 9.17) is 34.8 Å². The Kier molecular flexibility index (Phi) is 7.25. The van der Waals surface area contributed by atoms with Crippen LogP contribution in [0, 0.1) is 10.1 Å². The van der Waals surface area contributed by atoms with Crippen molar-refractivity contribution in [1.82, 2.24) is 0 Å². The first-order valence-electron chi connectivity index (χ1n) is 8.90. The van der Waals surface area contributed by atoms with Crippen molar-refractivity contribution in [2.45, 2.75) is 11.8 Å². The van der Waals surface area contributed by atoms with Crippen molar-refractivity contribution < 1.29 is 13.3 Å². The number of sulfonamides is 1. The van der Waals surface area contributed by atoms with Crippen LogP contribution in [0.2, 0.25) is 15.1 Å². The van der Waals surface area contributed by atoms with Gasteiger partial charge in [0.15, 0.2) is 0 Å². The quantitative estimate of drug-likeness (QED) is 0.222. The van der Waals surface area contributed by atoms with Crippen LogP contribution in [0.25, 0.3) is 0 Å². The van der Waals surface area contributed by atoms with Crippen LogP contribution in [-0.4, -0.2) is 19.1 Å². The van der Waals surface area contributed by atoms with Gasteiger partial charge in [-0.2, -0.15) is 5.10 Å². The Bertz CT molecular complexity index is 1330. The molecule has 0 aliphatic rings. The number of non-ortho nitro benzene ring substituents is 1. The Morgan fingerprint density at radius 1 is 0.938 bits per heavy atom. The average molecular weight is 514 g/mol. The second-order valence-corrected chi connectivity index (χ2v) is 9.33.